The van der Waals surface area contributed by atoms with Crippen molar-refractivity contribution < 1.29 is 19.0 Å². The van der Waals surface area contributed by atoms with Gasteiger partial charge in [-0.15, -0.1) is 0 Å². The fraction of sp³-hybridized carbons (Fsp3) is 0.350. The molecule has 0 aromatic heterocycles. The van der Waals surface area contributed by atoms with Crippen LogP contribution in [-0.2, 0) is 11.3 Å². The number of fused-ring (bicyclic) bond motifs is 1. The Balaban J connectivity index is 1.63. The Morgan fingerprint density at radius 2 is 2.00 bits per heavy atom. The lowest BCUT2D eigenvalue weighted by atomic mass is 10.1. The number of hydrogen-bond acceptors (Lipinski definition) is 5. The lowest BCUT2D eigenvalue weighted by molar-refractivity contribution is -0.117. The van der Waals surface area contributed by atoms with Gasteiger partial charge in [0.2, 0.25) is 5.91 Å². The van der Waals surface area contributed by atoms with E-state index in [2.05, 4.69) is 10.2 Å². The van der Waals surface area contributed by atoms with E-state index < -0.39 is 0 Å². The van der Waals surface area contributed by atoms with Gasteiger partial charge >= 0.3 is 0 Å². The van der Waals surface area contributed by atoms with Crippen LogP contribution in [0.5, 0.6) is 17.2 Å². The van der Waals surface area contributed by atoms with Crippen LogP contribution in [0.4, 0.5) is 5.69 Å². The second kappa shape index (κ2) is 8.58. The number of amides is 1. The van der Waals surface area contributed by atoms with Crippen LogP contribution in [0.2, 0.25) is 0 Å². The first kappa shape index (κ1) is 18.1. The minimum absolute atomic E-state index is 0.0675. The molecule has 0 fully saturated rings. The summed E-state index contributed by atoms with van der Waals surface area (Å²) in [5.41, 5.74) is 1.75. The van der Waals surface area contributed by atoms with Gasteiger partial charge < -0.3 is 19.5 Å². The number of hydrogen-bond donors (Lipinski definition) is 1. The smallest absolute Gasteiger partial charge is 0.238 e. The van der Waals surface area contributed by atoms with Gasteiger partial charge in [-0.1, -0.05) is 25.1 Å². The van der Waals surface area contributed by atoms with Crippen LogP contribution in [-0.4, -0.2) is 44.2 Å². The van der Waals surface area contributed by atoms with Crippen molar-refractivity contribution in [1.29, 1.82) is 0 Å². The Morgan fingerprint density at radius 1 is 1.19 bits per heavy atom. The molecule has 0 radical (unpaired) electrons. The van der Waals surface area contributed by atoms with E-state index in [-0.39, 0.29) is 12.5 Å². The highest BCUT2D eigenvalue weighted by Gasteiger charge is 2.18. The minimum Gasteiger partial charge on any atom is -0.497 e. The summed E-state index contributed by atoms with van der Waals surface area (Å²) in [6.07, 6.45) is 0. The van der Waals surface area contributed by atoms with Crippen molar-refractivity contribution in [1.82, 2.24) is 4.90 Å². The molecule has 0 bridgehead atoms. The van der Waals surface area contributed by atoms with Crippen molar-refractivity contribution in [2.45, 2.75) is 13.5 Å². The van der Waals surface area contributed by atoms with Crippen molar-refractivity contribution in [2.75, 3.05) is 38.7 Å². The van der Waals surface area contributed by atoms with Crippen LogP contribution in [0, 0.1) is 0 Å². The molecule has 3 rings (SSSR count). The number of rotatable bonds is 7. The maximum atomic E-state index is 12.4. The third-order valence-electron chi connectivity index (χ3n) is 4.21. The second-order valence-electron chi connectivity index (χ2n) is 6.02. The van der Waals surface area contributed by atoms with E-state index >= 15 is 0 Å². The maximum absolute atomic E-state index is 12.4. The molecular formula is C20H24N2O4. The fourth-order valence-corrected chi connectivity index (χ4v) is 2.88. The zero-order valence-electron chi connectivity index (χ0n) is 15.2. The number of ether oxygens (including phenoxy) is 3. The number of nitrogens with one attached hydrogen (secondary N) is 1. The van der Waals surface area contributed by atoms with Gasteiger partial charge in [0.25, 0.3) is 0 Å². The molecule has 1 amide bonds. The highest BCUT2D eigenvalue weighted by molar-refractivity contribution is 5.92. The molecule has 26 heavy (non-hydrogen) atoms. The highest BCUT2D eigenvalue weighted by atomic mass is 16.6. The summed E-state index contributed by atoms with van der Waals surface area (Å²) in [7, 11) is 1.60. The fourth-order valence-electron chi connectivity index (χ4n) is 2.88. The monoisotopic (exact) mass is 356 g/mol. The van der Waals surface area contributed by atoms with Gasteiger partial charge in [0.15, 0.2) is 11.5 Å². The molecule has 0 unspecified atom stereocenters. The van der Waals surface area contributed by atoms with Crippen LogP contribution in [0.15, 0.2) is 42.5 Å². The average Bonchev–Trinajstić information content (AvgIpc) is 2.67. The number of anilines is 1. The number of para-hydroxylation sites is 1. The molecule has 6 nitrogen and oxygen atoms in total. The number of carbonyl (C=O) groups is 1. The molecular weight excluding hydrogens is 332 g/mol. The SMILES string of the molecule is CCN(CC(=O)Nc1cccc(OC)c1)Cc1cccc2c1OCCO2. The Hall–Kier alpha value is -2.73. The quantitative estimate of drug-likeness (QED) is 0.827. The number of carbonyl (C=O) groups excluding carboxylic acids is 1. The van der Waals surface area contributed by atoms with Crippen molar-refractivity contribution in [3.63, 3.8) is 0 Å². The Bertz CT molecular complexity index is 763. The first-order valence-electron chi connectivity index (χ1n) is 8.73. The predicted molar refractivity (Wildman–Crippen MR) is 100 cm³/mol. The van der Waals surface area contributed by atoms with Gasteiger partial charge in [-0.3, -0.25) is 9.69 Å². The van der Waals surface area contributed by atoms with Crippen molar-refractivity contribution >= 4 is 11.6 Å². The zero-order chi connectivity index (χ0) is 18.4. The molecule has 2 aromatic carbocycles. The van der Waals surface area contributed by atoms with E-state index in [0.29, 0.717) is 25.5 Å². The Morgan fingerprint density at radius 3 is 2.81 bits per heavy atom. The Kier molecular flexibility index (Phi) is 5.96. The highest BCUT2D eigenvalue weighted by Crippen LogP contribution is 2.34. The number of benzene rings is 2. The van der Waals surface area contributed by atoms with E-state index in [1.807, 2.05) is 43.3 Å². The maximum Gasteiger partial charge on any atom is 0.238 e. The van der Waals surface area contributed by atoms with Gasteiger partial charge in [-0.25, -0.2) is 0 Å². The number of methoxy groups -OCH3 is 1. The summed E-state index contributed by atoms with van der Waals surface area (Å²) < 4.78 is 16.6. The molecule has 0 aliphatic carbocycles. The minimum atomic E-state index is -0.0675. The molecule has 1 heterocycles. The summed E-state index contributed by atoms with van der Waals surface area (Å²) >= 11 is 0. The molecule has 2 aromatic rings. The third-order valence-corrected chi connectivity index (χ3v) is 4.21. The van der Waals surface area contributed by atoms with Crippen LogP contribution in [0.1, 0.15) is 12.5 Å². The number of nitrogens with zero attached hydrogens (tertiary/aromatic N) is 1. The molecule has 0 saturated heterocycles. The van der Waals surface area contributed by atoms with Crippen molar-refractivity contribution in [3.05, 3.63) is 48.0 Å². The van der Waals surface area contributed by atoms with Crippen LogP contribution in [0.3, 0.4) is 0 Å². The van der Waals surface area contributed by atoms with Gasteiger partial charge in [0.1, 0.15) is 19.0 Å². The summed E-state index contributed by atoms with van der Waals surface area (Å²) in [6.45, 7) is 4.80. The van der Waals surface area contributed by atoms with Gasteiger partial charge in [0.05, 0.1) is 13.7 Å². The molecule has 138 valence electrons. The van der Waals surface area contributed by atoms with E-state index in [9.17, 15) is 4.79 Å². The lowest BCUT2D eigenvalue weighted by Crippen LogP contribution is -2.33. The van der Waals surface area contributed by atoms with Gasteiger partial charge in [-0.2, -0.15) is 0 Å². The first-order valence-corrected chi connectivity index (χ1v) is 8.73. The lowest BCUT2D eigenvalue weighted by Gasteiger charge is -2.25. The molecule has 1 N–H and O–H groups in total. The second-order valence-corrected chi connectivity index (χ2v) is 6.02. The van der Waals surface area contributed by atoms with Crippen LogP contribution < -0.4 is 19.5 Å². The van der Waals surface area contributed by atoms with Gasteiger partial charge in [0, 0.05) is 23.9 Å². The van der Waals surface area contributed by atoms with Crippen LogP contribution >= 0.6 is 0 Å². The van der Waals surface area contributed by atoms with E-state index in [4.69, 9.17) is 14.2 Å². The van der Waals surface area contributed by atoms with Crippen molar-refractivity contribution in [2.24, 2.45) is 0 Å². The molecule has 6 heteroatoms. The standard InChI is InChI=1S/C20H24N2O4/c1-3-22(13-15-6-4-9-18-20(15)26-11-10-25-18)14-19(23)21-16-7-5-8-17(12-16)24-2/h4-9,12H,3,10-11,13-14H2,1-2H3,(H,21,23). The Labute approximate surface area is 153 Å². The predicted octanol–water partition coefficient (Wildman–Crippen LogP) is 2.93. The molecule has 1 aliphatic heterocycles. The summed E-state index contributed by atoms with van der Waals surface area (Å²) in [6, 6.07) is 13.2. The summed E-state index contributed by atoms with van der Waals surface area (Å²) in [5.74, 6) is 2.20. The van der Waals surface area contributed by atoms with E-state index in [1.54, 1.807) is 13.2 Å². The molecule has 0 saturated carbocycles. The third kappa shape index (κ3) is 4.46. The summed E-state index contributed by atoms with van der Waals surface area (Å²) in [5, 5.41) is 2.91. The molecule has 0 atom stereocenters. The topological polar surface area (TPSA) is 60.0 Å². The molecule has 1 aliphatic rings. The van der Waals surface area contributed by atoms with Crippen LogP contribution in [0.25, 0.3) is 0 Å². The van der Waals surface area contributed by atoms with Gasteiger partial charge in [-0.05, 0) is 24.7 Å². The summed E-state index contributed by atoms with van der Waals surface area (Å²) in [4.78, 5) is 14.5. The first-order chi connectivity index (χ1) is 12.7. The average molecular weight is 356 g/mol. The zero-order valence-corrected chi connectivity index (χ0v) is 15.2. The molecule has 0 spiro atoms. The number of likely N-dealkylation sites (N-methyl/N-ethyl adjacent to an activating group) is 1. The van der Waals surface area contributed by atoms with E-state index in [0.717, 1.165) is 29.3 Å². The largest absolute Gasteiger partial charge is 0.497 e. The van der Waals surface area contributed by atoms with E-state index in [1.165, 1.54) is 0 Å². The van der Waals surface area contributed by atoms with Crippen molar-refractivity contribution in [3.8, 4) is 17.2 Å². The normalized spacial score (nSPS) is 12.7.